The van der Waals surface area contributed by atoms with Crippen molar-refractivity contribution < 1.29 is 13.5 Å². The first-order chi connectivity index (χ1) is 5.74. The number of aryl methyl sites for hydroxylation is 1. The van der Waals surface area contributed by atoms with Crippen molar-refractivity contribution in [1.29, 1.82) is 0 Å². The summed E-state index contributed by atoms with van der Waals surface area (Å²) in [5.74, 6) is 0.162. The first-order valence-electron chi connectivity index (χ1n) is 3.61. The van der Waals surface area contributed by atoms with Crippen molar-refractivity contribution in [2.45, 2.75) is 20.0 Å². The van der Waals surface area contributed by atoms with Gasteiger partial charge in [0.2, 0.25) is 0 Å². The lowest BCUT2D eigenvalue weighted by molar-refractivity contribution is -0.0506. The highest BCUT2D eigenvalue weighted by Gasteiger charge is 2.07. The molecule has 0 N–H and O–H groups in total. The quantitative estimate of drug-likeness (QED) is 0.699. The highest BCUT2D eigenvalue weighted by molar-refractivity contribution is 5.29. The molecule has 1 heterocycles. The molecule has 66 valence electrons. The minimum atomic E-state index is -2.78. The second-order valence-electron chi connectivity index (χ2n) is 2.22. The maximum absolute atomic E-state index is 11.8. The van der Waals surface area contributed by atoms with Crippen LogP contribution >= 0.6 is 0 Å². The first-order valence-corrected chi connectivity index (χ1v) is 3.61. The largest absolute Gasteiger partial charge is 0.433 e. The summed E-state index contributed by atoms with van der Waals surface area (Å²) in [6.07, 6.45) is 3.51. The Morgan fingerprint density at radius 3 is 2.92 bits per heavy atom. The van der Waals surface area contributed by atoms with E-state index in [9.17, 15) is 8.78 Å². The molecule has 0 atom stereocenters. The van der Waals surface area contributed by atoms with Crippen LogP contribution in [0.25, 0.3) is 0 Å². The van der Waals surface area contributed by atoms with Crippen molar-refractivity contribution in [3.63, 3.8) is 0 Å². The molecule has 4 heteroatoms. The van der Waals surface area contributed by atoms with E-state index in [-0.39, 0.29) is 5.75 Å². The minimum absolute atomic E-state index is 0.162. The number of ether oxygens (including phenoxy) is 1. The fourth-order valence-corrected chi connectivity index (χ4v) is 0.903. The molecule has 0 unspecified atom stereocenters. The van der Waals surface area contributed by atoms with E-state index in [4.69, 9.17) is 0 Å². The van der Waals surface area contributed by atoms with Crippen molar-refractivity contribution >= 4 is 0 Å². The topological polar surface area (TPSA) is 22.1 Å². The van der Waals surface area contributed by atoms with E-state index in [2.05, 4.69) is 9.72 Å². The molecule has 0 fully saturated rings. The van der Waals surface area contributed by atoms with Crippen LogP contribution in [-0.4, -0.2) is 11.6 Å². The van der Waals surface area contributed by atoms with Gasteiger partial charge in [0.1, 0.15) is 5.75 Å². The summed E-state index contributed by atoms with van der Waals surface area (Å²) in [4.78, 5) is 3.69. The lowest BCUT2D eigenvalue weighted by Gasteiger charge is -2.07. The second-order valence-corrected chi connectivity index (χ2v) is 2.22. The van der Waals surface area contributed by atoms with Crippen molar-refractivity contribution in [3.8, 4) is 5.75 Å². The van der Waals surface area contributed by atoms with Crippen LogP contribution in [0.2, 0.25) is 0 Å². The molecule has 1 aromatic heterocycles. The van der Waals surface area contributed by atoms with Crippen molar-refractivity contribution in [2.75, 3.05) is 0 Å². The summed E-state index contributed by atoms with van der Waals surface area (Å²) in [6, 6.07) is 1.66. The molecule has 0 spiro atoms. The third kappa shape index (κ3) is 2.15. The normalized spacial score (nSPS) is 10.3. The van der Waals surface area contributed by atoms with E-state index in [1.807, 2.05) is 6.92 Å². The van der Waals surface area contributed by atoms with Gasteiger partial charge in [0.05, 0.1) is 6.20 Å². The fraction of sp³-hybridized carbons (Fsp3) is 0.375. The smallest absolute Gasteiger partial charge is 0.387 e. The summed E-state index contributed by atoms with van der Waals surface area (Å²) in [5.41, 5.74) is 0.741. The van der Waals surface area contributed by atoms with E-state index in [1.54, 1.807) is 12.3 Å². The van der Waals surface area contributed by atoms with Gasteiger partial charge in [0, 0.05) is 6.20 Å². The Balaban J connectivity index is 2.82. The molecule has 0 amide bonds. The van der Waals surface area contributed by atoms with Crippen LogP contribution in [0.3, 0.4) is 0 Å². The van der Waals surface area contributed by atoms with E-state index in [0.29, 0.717) is 6.42 Å². The molecule has 0 aliphatic rings. The number of halogens is 2. The van der Waals surface area contributed by atoms with Gasteiger partial charge in [0.15, 0.2) is 0 Å². The summed E-state index contributed by atoms with van der Waals surface area (Å²) in [6.45, 7) is -0.910. The van der Waals surface area contributed by atoms with E-state index in [1.165, 1.54) is 6.20 Å². The molecular weight excluding hydrogens is 164 g/mol. The number of hydrogen-bond donors (Lipinski definition) is 0. The van der Waals surface area contributed by atoms with Gasteiger partial charge in [-0.3, -0.25) is 4.98 Å². The van der Waals surface area contributed by atoms with Gasteiger partial charge < -0.3 is 4.74 Å². The van der Waals surface area contributed by atoms with Gasteiger partial charge in [-0.2, -0.15) is 8.78 Å². The monoisotopic (exact) mass is 173 g/mol. The molecule has 1 aromatic rings. The summed E-state index contributed by atoms with van der Waals surface area (Å²) in [5, 5.41) is 0. The van der Waals surface area contributed by atoms with Crippen molar-refractivity contribution in [1.82, 2.24) is 4.98 Å². The van der Waals surface area contributed by atoms with Gasteiger partial charge in [-0.05, 0) is 18.1 Å². The third-order valence-corrected chi connectivity index (χ3v) is 1.47. The number of aromatic nitrogens is 1. The van der Waals surface area contributed by atoms with Gasteiger partial charge in [-0.25, -0.2) is 0 Å². The van der Waals surface area contributed by atoms with E-state index >= 15 is 0 Å². The Morgan fingerprint density at radius 2 is 2.33 bits per heavy atom. The molecule has 12 heavy (non-hydrogen) atoms. The van der Waals surface area contributed by atoms with Crippen LogP contribution in [0.5, 0.6) is 5.75 Å². The highest BCUT2D eigenvalue weighted by atomic mass is 19.3. The second kappa shape index (κ2) is 3.99. The molecule has 0 saturated carbocycles. The Labute approximate surface area is 69.2 Å². The van der Waals surface area contributed by atoms with Gasteiger partial charge in [-0.1, -0.05) is 6.92 Å². The fourth-order valence-electron chi connectivity index (χ4n) is 0.903. The molecule has 0 saturated heterocycles. The molecule has 2 nitrogen and oxygen atoms in total. The van der Waals surface area contributed by atoms with Crippen LogP contribution in [0.4, 0.5) is 8.78 Å². The maximum atomic E-state index is 11.8. The average Bonchev–Trinajstić information content (AvgIpc) is 2.04. The zero-order chi connectivity index (χ0) is 8.97. The molecule has 1 rings (SSSR count). The Morgan fingerprint density at radius 1 is 1.58 bits per heavy atom. The molecule has 0 radical (unpaired) electrons. The SMILES string of the molecule is CCc1ccncc1OC(F)F. The Kier molecular flexibility index (Phi) is 2.96. The minimum Gasteiger partial charge on any atom is -0.433 e. The van der Waals surface area contributed by atoms with Crippen LogP contribution in [0.1, 0.15) is 12.5 Å². The number of hydrogen-bond acceptors (Lipinski definition) is 2. The standard InChI is InChI=1S/C8H9F2NO/c1-2-6-3-4-11-5-7(6)12-8(9)10/h3-5,8H,2H2,1H3. The lowest BCUT2D eigenvalue weighted by Crippen LogP contribution is -2.04. The molecular formula is C8H9F2NO. The molecule has 0 aromatic carbocycles. The number of rotatable bonds is 3. The predicted octanol–water partition coefficient (Wildman–Crippen LogP) is 2.25. The zero-order valence-corrected chi connectivity index (χ0v) is 6.63. The summed E-state index contributed by atoms with van der Waals surface area (Å²) >= 11 is 0. The average molecular weight is 173 g/mol. The summed E-state index contributed by atoms with van der Waals surface area (Å²) in [7, 11) is 0. The number of nitrogens with zero attached hydrogens (tertiary/aromatic N) is 1. The third-order valence-electron chi connectivity index (χ3n) is 1.47. The molecule has 0 aliphatic heterocycles. The van der Waals surface area contributed by atoms with Gasteiger partial charge >= 0.3 is 6.61 Å². The molecule has 0 bridgehead atoms. The van der Waals surface area contributed by atoms with Crippen molar-refractivity contribution in [2.24, 2.45) is 0 Å². The lowest BCUT2D eigenvalue weighted by atomic mass is 10.2. The van der Waals surface area contributed by atoms with Gasteiger partial charge in [-0.15, -0.1) is 0 Å². The Hall–Kier alpha value is -1.19. The van der Waals surface area contributed by atoms with Crippen LogP contribution in [0.15, 0.2) is 18.5 Å². The summed E-state index contributed by atoms with van der Waals surface area (Å²) < 4.78 is 27.8. The Bertz CT molecular complexity index is 253. The number of pyridine rings is 1. The van der Waals surface area contributed by atoms with Crippen molar-refractivity contribution in [3.05, 3.63) is 24.0 Å². The zero-order valence-electron chi connectivity index (χ0n) is 6.63. The van der Waals surface area contributed by atoms with E-state index in [0.717, 1.165) is 5.56 Å². The number of alkyl halides is 2. The van der Waals surface area contributed by atoms with Crippen LogP contribution in [0, 0.1) is 0 Å². The first kappa shape index (κ1) is 8.90. The van der Waals surface area contributed by atoms with Crippen LogP contribution in [-0.2, 0) is 6.42 Å². The highest BCUT2D eigenvalue weighted by Crippen LogP contribution is 2.18. The van der Waals surface area contributed by atoms with E-state index < -0.39 is 6.61 Å². The molecule has 0 aliphatic carbocycles. The predicted molar refractivity (Wildman–Crippen MR) is 40.2 cm³/mol. The van der Waals surface area contributed by atoms with Crippen LogP contribution < -0.4 is 4.74 Å². The van der Waals surface area contributed by atoms with Gasteiger partial charge in [0.25, 0.3) is 0 Å². The maximum Gasteiger partial charge on any atom is 0.387 e.